The van der Waals surface area contributed by atoms with Crippen LogP contribution >= 0.6 is 0 Å². The molecule has 1 aliphatic rings. The number of anilines is 1. The van der Waals surface area contributed by atoms with Gasteiger partial charge in [-0.3, -0.25) is 14.9 Å². The number of non-ortho nitro benzene ring substituents is 1. The summed E-state index contributed by atoms with van der Waals surface area (Å²) in [6.45, 7) is 1.01. The molecule has 4 rings (SSSR count). The van der Waals surface area contributed by atoms with Gasteiger partial charge in [-0.05, 0) is 24.3 Å². The smallest absolute Gasteiger partial charge is 0.273 e. The van der Waals surface area contributed by atoms with E-state index >= 15 is 0 Å². The largest absolute Gasteiger partial charge is 0.493 e. The number of hydrogen-bond acceptors (Lipinski definition) is 8. The summed E-state index contributed by atoms with van der Waals surface area (Å²) in [6.07, 6.45) is 1.44. The van der Waals surface area contributed by atoms with E-state index in [-0.39, 0.29) is 23.9 Å². The lowest BCUT2D eigenvalue weighted by molar-refractivity contribution is -0.384. The summed E-state index contributed by atoms with van der Waals surface area (Å²) >= 11 is 0. The van der Waals surface area contributed by atoms with Gasteiger partial charge in [-0.2, -0.15) is 0 Å². The zero-order chi connectivity index (χ0) is 24.1. The Morgan fingerprint density at radius 1 is 1.15 bits per heavy atom. The Morgan fingerprint density at radius 2 is 1.88 bits per heavy atom. The molecule has 2 heterocycles. The number of rotatable bonds is 7. The minimum Gasteiger partial charge on any atom is -0.493 e. The van der Waals surface area contributed by atoms with Crippen molar-refractivity contribution in [2.75, 3.05) is 38.3 Å². The van der Waals surface area contributed by atoms with Gasteiger partial charge in [0.15, 0.2) is 11.5 Å². The second-order valence-corrected chi connectivity index (χ2v) is 7.69. The van der Waals surface area contributed by atoms with Crippen molar-refractivity contribution < 1.29 is 24.3 Å². The Bertz CT molecular complexity index is 1160. The van der Waals surface area contributed by atoms with E-state index in [0.29, 0.717) is 36.9 Å². The lowest BCUT2D eigenvalue weighted by Gasteiger charge is -2.41. The predicted molar refractivity (Wildman–Crippen MR) is 125 cm³/mol. The van der Waals surface area contributed by atoms with Crippen LogP contribution in [0, 0.1) is 10.1 Å². The normalized spacial score (nSPS) is 15.6. The number of nitro benzene ring substituents is 1. The topological polar surface area (TPSA) is 118 Å². The number of carbonyl (C=O) groups is 1. The van der Waals surface area contributed by atoms with E-state index in [4.69, 9.17) is 9.47 Å². The quantitative estimate of drug-likeness (QED) is 0.419. The second kappa shape index (κ2) is 10.2. The summed E-state index contributed by atoms with van der Waals surface area (Å²) in [7, 11) is 1.49. The van der Waals surface area contributed by atoms with Gasteiger partial charge >= 0.3 is 0 Å². The summed E-state index contributed by atoms with van der Waals surface area (Å²) in [5.74, 6) is 1.04. The molecular weight excluding hydrogens is 440 g/mol. The van der Waals surface area contributed by atoms with E-state index < -0.39 is 11.0 Å². The van der Waals surface area contributed by atoms with Crippen molar-refractivity contribution in [2.24, 2.45) is 0 Å². The van der Waals surface area contributed by atoms with Gasteiger partial charge in [0.05, 0.1) is 30.9 Å². The van der Waals surface area contributed by atoms with Gasteiger partial charge in [-0.25, -0.2) is 4.98 Å². The van der Waals surface area contributed by atoms with Crippen molar-refractivity contribution in [3.8, 4) is 17.2 Å². The highest BCUT2D eigenvalue weighted by Crippen LogP contribution is 2.32. The molecule has 0 saturated carbocycles. The first-order chi connectivity index (χ1) is 16.5. The molecule has 10 heteroatoms. The second-order valence-electron chi connectivity index (χ2n) is 7.69. The average molecular weight is 464 g/mol. The minimum atomic E-state index is -0.468. The molecule has 0 bridgehead atoms. The molecule has 2 aromatic carbocycles. The van der Waals surface area contributed by atoms with Crippen LogP contribution in [0.4, 0.5) is 11.4 Å². The zero-order valence-electron chi connectivity index (χ0n) is 18.5. The third kappa shape index (κ3) is 4.91. The maximum atomic E-state index is 13.2. The van der Waals surface area contributed by atoms with Crippen LogP contribution in [0.15, 0.2) is 66.9 Å². The summed E-state index contributed by atoms with van der Waals surface area (Å²) in [4.78, 5) is 31.5. The van der Waals surface area contributed by atoms with E-state index in [1.54, 1.807) is 29.2 Å². The first-order valence-corrected chi connectivity index (χ1v) is 10.7. The van der Waals surface area contributed by atoms with Gasteiger partial charge in [0, 0.05) is 43.5 Å². The van der Waals surface area contributed by atoms with Gasteiger partial charge in [0.1, 0.15) is 11.4 Å². The number of carbonyl (C=O) groups excluding carboxylic acids is 1. The van der Waals surface area contributed by atoms with Crippen molar-refractivity contribution in [3.05, 3.63) is 82.7 Å². The molecule has 0 aliphatic carbocycles. The first-order valence-electron chi connectivity index (χ1n) is 10.7. The van der Waals surface area contributed by atoms with E-state index in [9.17, 15) is 20.0 Å². The predicted octanol–water partition coefficient (Wildman–Crippen LogP) is 3.11. The number of hydrogen-bond donors (Lipinski definition) is 1. The maximum Gasteiger partial charge on any atom is 0.273 e. The van der Waals surface area contributed by atoms with Crippen molar-refractivity contribution in [2.45, 2.75) is 6.04 Å². The summed E-state index contributed by atoms with van der Waals surface area (Å²) in [5, 5.41) is 20.9. The Labute approximate surface area is 196 Å². The molecule has 1 aromatic heterocycles. The Morgan fingerprint density at radius 3 is 2.53 bits per heavy atom. The van der Waals surface area contributed by atoms with Crippen molar-refractivity contribution in [1.29, 1.82) is 0 Å². The number of nitro groups is 1. The van der Waals surface area contributed by atoms with Gasteiger partial charge < -0.3 is 24.4 Å². The van der Waals surface area contributed by atoms with Crippen LogP contribution in [0.25, 0.3) is 0 Å². The highest BCUT2D eigenvalue weighted by molar-refractivity contribution is 5.93. The molecule has 1 aliphatic heterocycles. The Hall–Kier alpha value is -4.18. The average Bonchev–Trinajstić information content (AvgIpc) is 2.88. The van der Waals surface area contributed by atoms with Gasteiger partial charge in [-0.1, -0.05) is 18.2 Å². The number of aliphatic hydroxyl groups excluding tert-OH is 1. The summed E-state index contributed by atoms with van der Waals surface area (Å²) in [6, 6.07) is 16.4. The fraction of sp³-hybridized carbons (Fsp3) is 0.250. The molecule has 3 aromatic rings. The third-order valence-electron chi connectivity index (χ3n) is 5.62. The molecule has 10 nitrogen and oxygen atoms in total. The molecule has 1 N–H and O–H groups in total. The summed E-state index contributed by atoms with van der Waals surface area (Å²) in [5.41, 5.74) is 0.980. The third-order valence-corrected chi connectivity index (χ3v) is 5.62. The molecule has 0 unspecified atom stereocenters. The molecular formula is C24H24N4O6. The molecule has 0 radical (unpaired) electrons. The molecule has 176 valence electrons. The number of aromatic nitrogens is 1. The SMILES string of the molecule is COc1cc(C(=O)N2CCN(c3ccc([N+](=O)[O-])cc3)C[C@@H]2CO)ncc1Oc1ccccc1. The van der Waals surface area contributed by atoms with E-state index in [1.807, 2.05) is 23.1 Å². The van der Waals surface area contributed by atoms with Gasteiger partial charge in [-0.15, -0.1) is 0 Å². The fourth-order valence-corrected chi connectivity index (χ4v) is 3.84. The number of aliphatic hydroxyl groups is 1. The first kappa shape index (κ1) is 23.0. The minimum absolute atomic E-state index is 0.0102. The van der Waals surface area contributed by atoms with Crippen molar-refractivity contribution in [1.82, 2.24) is 9.88 Å². The van der Waals surface area contributed by atoms with Crippen LogP contribution in [-0.4, -0.2) is 65.2 Å². The number of para-hydroxylation sites is 1. The van der Waals surface area contributed by atoms with Crippen LogP contribution in [-0.2, 0) is 0 Å². The number of methoxy groups -OCH3 is 1. The molecule has 1 fully saturated rings. The van der Waals surface area contributed by atoms with Crippen LogP contribution in [0.3, 0.4) is 0 Å². The lowest BCUT2D eigenvalue weighted by atomic mass is 10.1. The Kier molecular flexibility index (Phi) is 6.88. The number of ether oxygens (including phenoxy) is 2. The summed E-state index contributed by atoms with van der Waals surface area (Å²) < 4.78 is 11.2. The number of benzene rings is 2. The molecule has 34 heavy (non-hydrogen) atoms. The highest BCUT2D eigenvalue weighted by atomic mass is 16.6. The number of amides is 1. The van der Waals surface area contributed by atoms with E-state index in [0.717, 1.165) is 5.69 Å². The van der Waals surface area contributed by atoms with Crippen LogP contribution in [0.5, 0.6) is 17.2 Å². The molecule has 0 spiro atoms. The van der Waals surface area contributed by atoms with E-state index in [1.165, 1.54) is 31.5 Å². The van der Waals surface area contributed by atoms with Crippen LogP contribution in [0.1, 0.15) is 10.5 Å². The van der Waals surface area contributed by atoms with E-state index in [2.05, 4.69) is 4.98 Å². The lowest BCUT2D eigenvalue weighted by Crippen LogP contribution is -2.56. The molecule has 1 atom stereocenters. The van der Waals surface area contributed by atoms with Crippen molar-refractivity contribution >= 4 is 17.3 Å². The fourth-order valence-electron chi connectivity index (χ4n) is 3.84. The highest BCUT2D eigenvalue weighted by Gasteiger charge is 2.32. The number of piperazine rings is 1. The monoisotopic (exact) mass is 464 g/mol. The standard InChI is InChI=1S/C24H24N4O6/c1-33-22-13-21(25-14-23(22)34-20-5-3-2-4-6-20)24(30)27-12-11-26(15-19(27)16-29)17-7-9-18(10-8-17)28(31)32/h2-10,13-14,19,29H,11-12,15-16H2,1H3/t19-/m1/s1. The molecule has 1 amide bonds. The van der Waals surface area contributed by atoms with Crippen molar-refractivity contribution in [3.63, 3.8) is 0 Å². The maximum absolute atomic E-state index is 13.2. The zero-order valence-corrected chi connectivity index (χ0v) is 18.5. The van der Waals surface area contributed by atoms with Gasteiger partial charge in [0.2, 0.25) is 0 Å². The van der Waals surface area contributed by atoms with Crippen LogP contribution in [0.2, 0.25) is 0 Å². The van der Waals surface area contributed by atoms with Crippen LogP contribution < -0.4 is 14.4 Å². The number of nitrogens with zero attached hydrogens (tertiary/aromatic N) is 4. The molecule has 1 saturated heterocycles. The number of pyridine rings is 1. The van der Waals surface area contributed by atoms with Gasteiger partial charge in [0.25, 0.3) is 11.6 Å². The Balaban J connectivity index is 1.48.